The first-order valence-electron chi connectivity index (χ1n) is 6.60. The molecule has 1 aromatic rings. The van der Waals surface area contributed by atoms with E-state index >= 15 is 0 Å². The molecule has 0 radical (unpaired) electrons. The molecule has 2 atom stereocenters. The highest BCUT2D eigenvalue weighted by atomic mass is 79.9. The molecule has 18 heavy (non-hydrogen) atoms. The average molecular weight is 315 g/mol. The Hall–Kier alpha value is -0.450. The standard InChI is InChI=1S/C14H23BrN2O/c1-4-6-14(18-5-2)13(16-3)9-12-8-7-11(15)10-17-12/h7-8,10,13-14,16H,4-6,9H2,1-3H3. The number of rotatable bonds is 8. The van der Waals surface area contributed by atoms with Crippen LogP contribution in [0.5, 0.6) is 0 Å². The highest BCUT2D eigenvalue weighted by Gasteiger charge is 2.20. The van der Waals surface area contributed by atoms with Crippen molar-refractivity contribution in [2.45, 2.75) is 45.3 Å². The predicted octanol–water partition coefficient (Wildman–Crippen LogP) is 3.18. The Morgan fingerprint density at radius 2 is 2.17 bits per heavy atom. The zero-order chi connectivity index (χ0) is 13.4. The first-order valence-corrected chi connectivity index (χ1v) is 7.39. The summed E-state index contributed by atoms with van der Waals surface area (Å²) in [6, 6.07) is 4.41. The van der Waals surface area contributed by atoms with E-state index in [0.29, 0.717) is 6.04 Å². The van der Waals surface area contributed by atoms with Crippen molar-refractivity contribution in [1.29, 1.82) is 0 Å². The normalized spacial score (nSPS) is 14.4. The summed E-state index contributed by atoms with van der Waals surface area (Å²) in [6.45, 7) is 5.00. The van der Waals surface area contributed by atoms with Gasteiger partial charge in [-0.15, -0.1) is 0 Å². The number of nitrogens with one attached hydrogen (secondary N) is 1. The zero-order valence-corrected chi connectivity index (χ0v) is 13.0. The van der Waals surface area contributed by atoms with Crippen molar-refractivity contribution in [2.75, 3.05) is 13.7 Å². The summed E-state index contributed by atoms with van der Waals surface area (Å²) in [7, 11) is 1.99. The molecule has 1 N–H and O–H groups in total. The molecule has 0 saturated carbocycles. The van der Waals surface area contributed by atoms with Crippen LogP contribution < -0.4 is 5.32 Å². The minimum atomic E-state index is 0.260. The molecule has 0 aliphatic rings. The van der Waals surface area contributed by atoms with Gasteiger partial charge in [-0.25, -0.2) is 0 Å². The first-order chi connectivity index (χ1) is 8.71. The van der Waals surface area contributed by atoms with Crippen molar-refractivity contribution in [1.82, 2.24) is 10.3 Å². The second-order valence-electron chi connectivity index (χ2n) is 4.35. The molecule has 1 rings (SSSR count). The van der Waals surface area contributed by atoms with Gasteiger partial charge in [0.2, 0.25) is 0 Å². The van der Waals surface area contributed by atoms with E-state index in [1.807, 2.05) is 26.2 Å². The molecule has 0 aliphatic heterocycles. The largest absolute Gasteiger partial charge is 0.377 e. The zero-order valence-electron chi connectivity index (χ0n) is 11.4. The van der Waals surface area contributed by atoms with Crippen molar-refractivity contribution < 1.29 is 4.74 Å². The summed E-state index contributed by atoms with van der Waals surface area (Å²) >= 11 is 3.40. The van der Waals surface area contributed by atoms with Crippen molar-refractivity contribution in [3.8, 4) is 0 Å². The quantitative estimate of drug-likeness (QED) is 0.800. The number of pyridine rings is 1. The predicted molar refractivity (Wildman–Crippen MR) is 78.8 cm³/mol. The fraction of sp³-hybridized carbons (Fsp3) is 0.643. The van der Waals surface area contributed by atoms with Gasteiger partial charge in [-0.3, -0.25) is 4.98 Å². The number of likely N-dealkylation sites (N-methyl/N-ethyl adjacent to an activating group) is 1. The first kappa shape index (κ1) is 15.6. The fourth-order valence-corrected chi connectivity index (χ4v) is 2.31. The molecule has 0 bridgehead atoms. The van der Waals surface area contributed by atoms with Crippen LogP contribution in [0.15, 0.2) is 22.8 Å². The van der Waals surface area contributed by atoms with Gasteiger partial charge < -0.3 is 10.1 Å². The molecule has 2 unspecified atom stereocenters. The highest BCUT2D eigenvalue weighted by Crippen LogP contribution is 2.13. The summed E-state index contributed by atoms with van der Waals surface area (Å²) in [4.78, 5) is 4.43. The van der Waals surface area contributed by atoms with Crippen LogP contribution >= 0.6 is 15.9 Å². The van der Waals surface area contributed by atoms with E-state index in [9.17, 15) is 0 Å². The second-order valence-corrected chi connectivity index (χ2v) is 5.27. The van der Waals surface area contributed by atoms with Gasteiger partial charge in [0, 0.05) is 35.4 Å². The van der Waals surface area contributed by atoms with Gasteiger partial charge in [0.25, 0.3) is 0 Å². The van der Waals surface area contributed by atoms with Gasteiger partial charge in [-0.1, -0.05) is 13.3 Å². The fourth-order valence-electron chi connectivity index (χ4n) is 2.07. The van der Waals surface area contributed by atoms with Crippen molar-refractivity contribution in [2.24, 2.45) is 0 Å². The van der Waals surface area contributed by atoms with E-state index in [1.165, 1.54) is 0 Å². The Morgan fingerprint density at radius 3 is 2.67 bits per heavy atom. The SMILES string of the molecule is CCCC(OCC)C(Cc1ccc(Br)cn1)NC. The molecule has 102 valence electrons. The molecule has 3 nitrogen and oxygen atoms in total. The van der Waals surface area contributed by atoms with Crippen LogP contribution in [0.3, 0.4) is 0 Å². The summed E-state index contributed by atoms with van der Waals surface area (Å²) in [6.07, 6.45) is 5.22. The molecule has 0 aliphatic carbocycles. The van der Waals surface area contributed by atoms with E-state index in [-0.39, 0.29) is 6.10 Å². The Bertz CT molecular complexity index is 323. The number of hydrogen-bond donors (Lipinski definition) is 1. The molecule has 0 fully saturated rings. The van der Waals surface area contributed by atoms with E-state index in [2.05, 4.69) is 39.2 Å². The van der Waals surface area contributed by atoms with Gasteiger partial charge in [0.15, 0.2) is 0 Å². The minimum Gasteiger partial charge on any atom is -0.377 e. The van der Waals surface area contributed by atoms with Gasteiger partial charge in [-0.2, -0.15) is 0 Å². The minimum absolute atomic E-state index is 0.260. The summed E-state index contributed by atoms with van der Waals surface area (Å²) < 4.78 is 6.85. The van der Waals surface area contributed by atoms with Crippen molar-refractivity contribution in [3.63, 3.8) is 0 Å². The van der Waals surface area contributed by atoms with E-state index < -0.39 is 0 Å². The van der Waals surface area contributed by atoms with Crippen LogP contribution in [-0.4, -0.2) is 30.8 Å². The van der Waals surface area contributed by atoms with E-state index in [4.69, 9.17) is 4.74 Å². The summed E-state index contributed by atoms with van der Waals surface area (Å²) in [5.41, 5.74) is 1.10. The van der Waals surface area contributed by atoms with Crippen LogP contribution in [0.25, 0.3) is 0 Å². The van der Waals surface area contributed by atoms with Crippen molar-refractivity contribution >= 4 is 15.9 Å². The van der Waals surface area contributed by atoms with Gasteiger partial charge >= 0.3 is 0 Å². The Balaban J connectivity index is 2.66. The molecule has 1 heterocycles. The van der Waals surface area contributed by atoms with Crippen molar-refractivity contribution in [3.05, 3.63) is 28.5 Å². The second kappa shape index (κ2) is 8.62. The molecule has 4 heteroatoms. The lowest BCUT2D eigenvalue weighted by molar-refractivity contribution is 0.0298. The number of nitrogens with zero attached hydrogens (tertiary/aromatic N) is 1. The molecule has 0 spiro atoms. The average Bonchev–Trinajstić information content (AvgIpc) is 2.38. The molecule has 0 saturated heterocycles. The topological polar surface area (TPSA) is 34.1 Å². The van der Waals surface area contributed by atoms with Crippen LogP contribution in [-0.2, 0) is 11.2 Å². The third kappa shape index (κ3) is 5.04. The number of ether oxygens (including phenoxy) is 1. The molecular weight excluding hydrogens is 292 g/mol. The Kier molecular flexibility index (Phi) is 7.47. The summed E-state index contributed by atoms with van der Waals surface area (Å²) in [5.74, 6) is 0. The lowest BCUT2D eigenvalue weighted by Crippen LogP contribution is -2.41. The van der Waals surface area contributed by atoms with Gasteiger partial charge in [0.05, 0.1) is 6.10 Å². The third-order valence-electron chi connectivity index (χ3n) is 2.99. The smallest absolute Gasteiger partial charge is 0.0731 e. The van der Waals surface area contributed by atoms with Crippen LogP contribution in [0, 0.1) is 0 Å². The number of aromatic nitrogens is 1. The molecule has 0 amide bonds. The van der Waals surface area contributed by atoms with E-state index in [0.717, 1.165) is 36.0 Å². The molecule has 0 aromatic carbocycles. The van der Waals surface area contributed by atoms with E-state index in [1.54, 1.807) is 0 Å². The Morgan fingerprint density at radius 1 is 1.39 bits per heavy atom. The summed E-state index contributed by atoms with van der Waals surface area (Å²) in [5, 5.41) is 3.36. The monoisotopic (exact) mass is 314 g/mol. The van der Waals surface area contributed by atoms with Crippen LogP contribution in [0.4, 0.5) is 0 Å². The maximum Gasteiger partial charge on any atom is 0.0731 e. The lowest BCUT2D eigenvalue weighted by atomic mass is 10.0. The number of halogens is 1. The Labute approximate surface area is 118 Å². The maximum atomic E-state index is 5.83. The highest BCUT2D eigenvalue weighted by molar-refractivity contribution is 9.10. The van der Waals surface area contributed by atoms with Crippen LogP contribution in [0.1, 0.15) is 32.4 Å². The van der Waals surface area contributed by atoms with Crippen LogP contribution in [0.2, 0.25) is 0 Å². The van der Waals surface area contributed by atoms with Gasteiger partial charge in [0.1, 0.15) is 0 Å². The lowest BCUT2D eigenvalue weighted by Gasteiger charge is -2.26. The molecule has 1 aromatic heterocycles. The van der Waals surface area contributed by atoms with Gasteiger partial charge in [-0.05, 0) is 48.5 Å². The molecular formula is C14H23BrN2O. The third-order valence-corrected chi connectivity index (χ3v) is 3.46. The number of hydrogen-bond acceptors (Lipinski definition) is 3. The maximum absolute atomic E-state index is 5.83.